The molecule has 1 atom stereocenters. The van der Waals surface area contributed by atoms with Gasteiger partial charge in [-0.25, -0.2) is 9.18 Å². The van der Waals surface area contributed by atoms with Crippen LogP contribution in [0.15, 0.2) is 0 Å². The zero-order chi connectivity index (χ0) is 5.86. The van der Waals surface area contributed by atoms with Crippen LogP contribution in [0, 0.1) is 0 Å². The predicted octanol–water partition coefficient (Wildman–Crippen LogP) is 0.0130. The molecule has 1 N–H and O–H groups in total. The Hall–Kier alpha value is -0.640. The van der Waals surface area contributed by atoms with Gasteiger partial charge < -0.3 is 9.84 Å². The van der Waals surface area contributed by atoms with Gasteiger partial charge in [-0.05, 0) is 0 Å². The van der Waals surface area contributed by atoms with Crippen LogP contribution in [-0.2, 0) is 9.53 Å². The minimum Gasteiger partial charge on any atom is -0.477 e. The minimum atomic E-state index is -2.18. The first kappa shape index (κ1) is 6.36. The summed E-state index contributed by atoms with van der Waals surface area (Å²) in [5.74, 6) is -1.59. The molecule has 42 valence electrons. The molecule has 0 aliphatic carbocycles. The zero-order valence-corrected chi connectivity index (χ0v) is 3.72. The highest BCUT2D eigenvalue weighted by Crippen LogP contribution is 1.87. The van der Waals surface area contributed by atoms with Crippen molar-refractivity contribution in [1.29, 1.82) is 0 Å². The second-order valence-electron chi connectivity index (χ2n) is 0.890. The molecule has 0 aromatic carbocycles. The number of hydrogen-bond donors (Lipinski definition) is 1. The number of carboxylic acid groups (broad SMARTS) is 1. The molecule has 0 fully saturated rings. The van der Waals surface area contributed by atoms with Crippen molar-refractivity contribution in [3.8, 4) is 0 Å². The van der Waals surface area contributed by atoms with Crippen LogP contribution in [0.3, 0.4) is 0 Å². The lowest BCUT2D eigenvalue weighted by Crippen LogP contribution is -2.15. The van der Waals surface area contributed by atoms with Crippen LogP contribution in [0.1, 0.15) is 0 Å². The molecule has 7 heavy (non-hydrogen) atoms. The van der Waals surface area contributed by atoms with E-state index in [9.17, 15) is 9.18 Å². The van der Waals surface area contributed by atoms with Crippen LogP contribution >= 0.6 is 0 Å². The van der Waals surface area contributed by atoms with Crippen LogP contribution in [0.2, 0.25) is 0 Å². The van der Waals surface area contributed by atoms with Gasteiger partial charge in [0.15, 0.2) is 0 Å². The van der Waals surface area contributed by atoms with Gasteiger partial charge in [0.2, 0.25) is 0 Å². The highest BCUT2D eigenvalue weighted by molar-refractivity contribution is 5.70. The van der Waals surface area contributed by atoms with E-state index in [1.165, 1.54) is 0 Å². The molecule has 0 saturated heterocycles. The van der Waals surface area contributed by atoms with Crippen molar-refractivity contribution in [3.05, 3.63) is 0 Å². The molecule has 0 unspecified atom stereocenters. The summed E-state index contributed by atoms with van der Waals surface area (Å²) in [6.45, 7) is 0. The predicted molar refractivity (Wildman–Crippen MR) is 19.5 cm³/mol. The Morgan fingerprint density at radius 3 is 2.43 bits per heavy atom. The molecule has 0 spiro atoms. The van der Waals surface area contributed by atoms with Gasteiger partial charge in [0.1, 0.15) is 0 Å². The van der Waals surface area contributed by atoms with Crippen LogP contribution in [0.5, 0.6) is 0 Å². The van der Waals surface area contributed by atoms with Crippen molar-refractivity contribution < 1.29 is 19.0 Å². The summed E-state index contributed by atoms with van der Waals surface area (Å²) in [6, 6.07) is 0. The monoisotopic (exact) mass is 108 g/mol. The molecule has 0 saturated carbocycles. The molecule has 0 bridgehead atoms. The van der Waals surface area contributed by atoms with E-state index in [4.69, 9.17) is 5.11 Å². The standard InChI is InChI=1S/C3H5FO3/c1-7-2(4)3(5)6/h2H,1H3,(H,5,6)/t2-/m1/s1. The van der Waals surface area contributed by atoms with E-state index in [0.29, 0.717) is 0 Å². The molecule has 0 aromatic heterocycles. The topological polar surface area (TPSA) is 46.5 Å². The smallest absolute Gasteiger partial charge is 0.366 e. The van der Waals surface area contributed by atoms with E-state index >= 15 is 0 Å². The molecular formula is C3H5FO3. The number of ether oxygens (including phenoxy) is 1. The molecular weight excluding hydrogens is 103 g/mol. The summed E-state index contributed by atoms with van der Waals surface area (Å²) in [5, 5.41) is 7.68. The van der Waals surface area contributed by atoms with E-state index in [1.807, 2.05) is 0 Å². The van der Waals surface area contributed by atoms with Crippen molar-refractivity contribution in [2.75, 3.05) is 7.11 Å². The maximum atomic E-state index is 11.4. The van der Waals surface area contributed by atoms with E-state index in [0.717, 1.165) is 7.11 Å². The van der Waals surface area contributed by atoms with Gasteiger partial charge in [-0.3, -0.25) is 0 Å². The van der Waals surface area contributed by atoms with Gasteiger partial charge in [-0.1, -0.05) is 0 Å². The maximum Gasteiger partial charge on any atom is 0.366 e. The summed E-state index contributed by atoms with van der Waals surface area (Å²) in [4.78, 5) is 9.43. The van der Waals surface area contributed by atoms with Crippen molar-refractivity contribution in [1.82, 2.24) is 0 Å². The molecule has 3 nitrogen and oxygen atoms in total. The number of alkyl halides is 1. The molecule has 0 radical (unpaired) electrons. The fourth-order valence-corrected chi connectivity index (χ4v) is 0.101. The van der Waals surface area contributed by atoms with Gasteiger partial charge in [-0.2, -0.15) is 0 Å². The van der Waals surface area contributed by atoms with Gasteiger partial charge in [0.05, 0.1) is 0 Å². The van der Waals surface area contributed by atoms with Crippen LogP contribution < -0.4 is 0 Å². The van der Waals surface area contributed by atoms with Crippen molar-refractivity contribution in [2.24, 2.45) is 0 Å². The largest absolute Gasteiger partial charge is 0.477 e. The van der Waals surface area contributed by atoms with E-state index in [2.05, 4.69) is 4.74 Å². The first-order valence-corrected chi connectivity index (χ1v) is 1.58. The van der Waals surface area contributed by atoms with Gasteiger partial charge in [0.25, 0.3) is 6.36 Å². The fourth-order valence-electron chi connectivity index (χ4n) is 0.101. The average molecular weight is 108 g/mol. The molecule has 0 aliphatic heterocycles. The number of aliphatic carboxylic acids is 1. The molecule has 0 heterocycles. The highest BCUT2D eigenvalue weighted by Gasteiger charge is 2.11. The van der Waals surface area contributed by atoms with Crippen molar-refractivity contribution in [3.63, 3.8) is 0 Å². The number of hydrogen-bond acceptors (Lipinski definition) is 2. The lowest BCUT2D eigenvalue weighted by molar-refractivity contribution is -0.159. The van der Waals surface area contributed by atoms with Gasteiger partial charge in [0, 0.05) is 7.11 Å². The Morgan fingerprint density at radius 2 is 2.43 bits per heavy atom. The Labute approximate surface area is 39.7 Å². The van der Waals surface area contributed by atoms with E-state index in [-0.39, 0.29) is 0 Å². The molecule has 0 aromatic rings. The van der Waals surface area contributed by atoms with Gasteiger partial charge >= 0.3 is 5.97 Å². The Kier molecular flexibility index (Phi) is 2.29. The number of carbonyl (C=O) groups is 1. The lowest BCUT2D eigenvalue weighted by Gasteiger charge is -1.94. The number of rotatable bonds is 2. The second-order valence-corrected chi connectivity index (χ2v) is 0.890. The summed E-state index contributed by atoms with van der Waals surface area (Å²) < 4.78 is 15.2. The third kappa shape index (κ3) is 2.11. The zero-order valence-electron chi connectivity index (χ0n) is 3.72. The summed E-state index contributed by atoms with van der Waals surface area (Å²) in [6.07, 6.45) is -2.18. The lowest BCUT2D eigenvalue weighted by atomic mass is 10.7. The summed E-state index contributed by atoms with van der Waals surface area (Å²) in [5.41, 5.74) is 0. The second kappa shape index (κ2) is 2.52. The fraction of sp³-hybridized carbons (Fsp3) is 0.667. The van der Waals surface area contributed by atoms with E-state index in [1.54, 1.807) is 0 Å². The minimum absolute atomic E-state index is 0.985. The number of halogens is 1. The third-order valence-corrected chi connectivity index (χ3v) is 0.401. The third-order valence-electron chi connectivity index (χ3n) is 0.401. The van der Waals surface area contributed by atoms with Crippen LogP contribution in [-0.4, -0.2) is 24.5 Å². The number of methoxy groups -OCH3 is 1. The van der Waals surface area contributed by atoms with Gasteiger partial charge in [-0.15, -0.1) is 0 Å². The molecule has 4 heteroatoms. The van der Waals surface area contributed by atoms with Crippen LogP contribution in [0.4, 0.5) is 4.39 Å². The SMILES string of the molecule is CO[C@@H](F)C(=O)O. The summed E-state index contributed by atoms with van der Waals surface area (Å²) in [7, 11) is 0.985. The first-order valence-electron chi connectivity index (χ1n) is 1.58. The first-order chi connectivity index (χ1) is 3.18. The van der Waals surface area contributed by atoms with Crippen molar-refractivity contribution in [2.45, 2.75) is 6.36 Å². The Bertz CT molecular complexity index is 72.6. The molecule has 0 aliphatic rings. The highest BCUT2D eigenvalue weighted by atomic mass is 19.1. The van der Waals surface area contributed by atoms with E-state index < -0.39 is 12.3 Å². The Balaban J connectivity index is 3.34. The maximum absolute atomic E-state index is 11.4. The summed E-state index contributed by atoms with van der Waals surface area (Å²) >= 11 is 0. The molecule has 0 amide bonds. The quantitative estimate of drug-likeness (QED) is 0.542. The Morgan fingerprint density at radius 1 is 2.00 bits per heavy atom. The van der Waals surface area contributed by atoms with Crippen LogP contribution in [0.25, 0.3) is 0 Å². The average Bonchev–Trinajstić information content (AvgIpc) is 1.65. The van der Waals surface area contributed by atoms with Crippen molar-refractivity contribution >= 4 is 5.97 Å². The number of carboxylic acids is 1. The normalized spacial score (nSPS) is 13.4. The molecule has 0 rings (SSSR count).